The zero-order valence-corrected chi connectivity index (χ0v) is 13.8. The van der Waals surface area contributed by atoms with Crippen LogP contribution < -0.4 is 10.1 Å². The van der Waals surface area contributed by atoms with Crippen LogP contribution in [0.4, 0.5) is 0 Å². The molecule has 1 aromatic carbocycles. The Morgan fingerprint density at radius 2 is 2.00 bits per heavy atom. The van der Waals surface area contributed by atoms with Crippen molar-refractivity contribution in [2.75, 3.05) is 13.2 Å². The largest absolute Gasteiger partial charge is 0.475 e. The van der Waals surface area contributed by atoms with Crippen LogP contribution in [-0.4, -0.2) is 38.9 Å². The highest BCUT2D eigenvalue weighted by Crippen LogP contribution is 2.26. The quantitative estimate of drug-likeness (QED) is 0.697. The van der Waals surface area contributed by atoms with Crippen molar-refractivity contribution in [2.24, 2.45) is 5.92 Å². The second-order valence-corrected chi connectivity index (χ2v) is 6.10. The minimum Gasteiger partial charge on any atom is -0.475 e. The van der Waals surface area contributed by atoms with E-state index in [2.05, 4.69) is 20.6 Å². The molecule has 3 aromatic rings. The lowest BCUT2D eigenvalue weighted by molar-refractivity contribution is -0.127. The molecule has 1 aliphatic carbocycles. The Bertz CT molecular complexity index is 874. The Morgan fingerprint density at radius 1 is 1.16 bits per heavy atom. The lowest BCUT2D eigenvalue weighted by Gasteiger charge is -2.23. The number of rotatable bonds is 6. The van der Waals surface area contributed by atoms with Crippen LogP contribution in [-0.2, 0) is 4.79 Å². The molecule has 0 aliphatic heterocycles. The number of benzene rings is 1. The number of hydrogen-bond acceptors (Lipinski definition) is 5. The van der Waals surface area contributed by atoms with E-state index in [4.69, 9.17) is 4.74 Å². The van der Waals surface area contributed by atoms with Crippen LogP contribution in [0.1, 0.15) is 19.3 Å². The first-order valence-electron chi connectivity index (χ1n) is 8.50. The highest BCUT2D eigenvalue weighted by atomic mass is 16.5. The molecule has 2 aromatic heterocycles. The first kappa shape index (κ1) is 15.6. The molecule has 1 amide bonds. The predicted molar refractivity (Wildman–Crippen MR) is 92.1 cm³/mol. The number of fused-ring (bicyclic) bond motifs is 1. The van der Waals surface area contributed by atoms with Crippen molar-refractivity contribution in [2.45, 2.75) is 19.3 Å². The van der Waals surface area contributed by atoms with Gasteiger partial charge in [-0.25, -0.2) is 0 Å². The van der Waals surface area contributed by atoms with Gasteiger partial charge >= 0.3 is 0 Å². The number of nitrogens with one attached hydrogen (secondary N) is 1. The Labute approximate surface area is 145 Å². The molecule has 0 spiro atoms. The summed E-state index contributed by atoms with van der Waals surface area (Å²) in [5, 5.41) is 15.7. The van der Waals surface area contributed by atoms with Crippen molar-refractivity contribution in [3.63, 3.8) is 0 Å². The minimum absolute atomic E-state index is 0.128. The zero-order valence-electron chi connectivity index (χ0n) is 13.8. The summed E-state index contributed by atoms with van der Waals surface area (Å²) in [7, 11) is 0. The maximum atomic E-state index is 11.8. The molecule has 1 N–H and O–H groups in total. The number of hydrogen-bond donors (Lipinski definition) is 1. The summed E-state index contributed by atoms with van der Waals surface area (Å²) >= 11 is 0. The molecule has 0 atom stereocenters. The Balaban J connectivity index is 1.41. The summed E-state index contributed by atoms with van der Waals surface area (Å²) in [5.41, 5.74) is 1.59. The van der Waals surface area contributed by atoms with E-state index < -0.39 is 0 Å². The first-order chi connectivity index (χ1) is 12.3. The standard InChI is InChI=1S/C18H19N5O2/c24-18(14-7-4-8-14)19-11-12-25-16-10-9-15-20-21-17(23(15)22-16)13-5-2-1-3-6-13/h1-3,5-6,9-10,14H,4,7-8,11-12H2,(H,19,24). The van der Waals surface area contributed by atoms with E-state index in [0.717, 1.165) is 24.8 Å². The molecule has 128 valence electrons. The van der Waals surface area contributed by atoms with E-state index >= 15 is 0 Å². The van der Waals surface area contributed by atoms with Crippen molar-refractivity contribution in [1.82, 2.24) is 25.1 Å². The van der Waals surface area contributed by atoms with E-state index in [1.165, 1.54) is 0 Å². The van der Waals surface area contributed by atoms with E-state index in [9.17, 15) is 4.79 Å². The highest BCUT2D eigenvalue weighted by Gasteiger charge is 2.24. The molecule has 7 nitrogen and oxygen atoms in total. The number of nitrogens with zero attached hydrogens (tertiary/aromatic N) is 4. The third-order valence-corrected chi connectivity index (χ3v) is 4.40. The van der Waals surface area contributed by atoms with Crippen LogP contribution in [0.2, 0.25) is 0 Å². The summed E-state index contributed by atoms with van der Waals surface area (Å²) in [6, 6.07) is 13.3. The second kappa shape index (κ2) is 6.88. The lowest BCUT2D eigenvalue weighted by atomic mass is 9.85. The van der Waals surface area contributed by atoms with E-state index in [0.29, 0.717) is 30.5 Å². The average molecular weight is 337 g/mol. The predicted octanol–water partition coefficient (Wildman–Crippen LogP) is 2.09. The molecule has 25 heavy (non-hydrogen) atoms. The topological polar surface area (TPSA) is 81.4 Å². The summed E-state index contributed by atoms with van der Waals surface area (Å²) < 4.78 is 7.32. The summed E-state index contributed by atoms with van der Waals surface area (Å²) in [6.45, 7) is 0.850. The maximum absolute atomic E-state index is 11.8. The van der Waals surface area contributed by atoms with Gasteiger partial charge in [0.2, 0.25) is 11.8 Å². The van der Waals surface area contributed by atoms with Gasteiger partial charge in [0.1, 0.15) is 6.61 Å². The number of ether oxygens (including phenoxy) is 1. The normalized spacial score (nSPS) is 14.2. The van der Waals surface area contributed by atoms with Gasteiger partial charge in [-0.2, -0.15) is 4.52 Å². The van der Waals surface area contributed by atoms with Crippen LogP contribution in [0.3, 0.4) is 0 Å². The number of amides is 1. The fourth-order valence-electron chi connectivity index (χ4n) is 2.76. The van der Waals surface area contributed by atoms with Gasteiger partial charge in [0.25, 0.3) is 0 Å². The van der Waals surface area contributed by atoms with E-state index in [-0.39, 0.29) is 11.8 Å². The molecule has 7 heteroatoms. The molecule has 1 saturated carbocycles. The summed E-state index contributed by atoms with van der Waals surface area (Å²) in [6.07, 6.45) is 3.16. The van der Waals surface area contributed by atoms with Gasteiger partial charge in [0.15, 0.2) is 11.5 Å². The molecule has 1 fully saturated rings. The fourth-order valence-corrected chi connectivity index (χ4v) is 2.76. The molecule has 2 heterocycles. The average Bonchev–Trinajstić information content (AvgIpc) is 3.01. The minimum atomic E-state index is 0.128. The maximum Gasteiger partial charge on any atom is 0.231 e. The molecular weight excluding hydrogens is 318 g/mol. The van der Waals surface area contributed by atoms with Crippen molar-refractivity contribution >= 4 is 11.6 Å². The van der Waals surface area contributed by atoms with Crippen LogP contribution in [0.15, 0.2) is 42.5 Å². The monoisotopic (exact) mass is 337 g/mol. The smallest absolute Gasteiger partial charge is 0.231 e. The van der Waals surface area contributed by atoms with Gasteiger partial charge in [-0.05, 0) is 18.9 Å². The lowest BCUT2D eigenvalue weighted by Crippen LogP contribution is -2.36. The van der Waals surface area contributed by atoms with Gasteiger partial charge in [-0.3, -0.25) is 4.79 Å². The molecule has 0 bridgehead atoms. The zero-order chi connectivity index (χ0) is 17.1. The van der Waals surface area contributed by atoms with Gasteiger partial charge in [0.05, 0.1) is 6.54 Å². The van der Waals surface area contributed by atoms with Crippen LogP contribution in [0.25, 0.3) is 17.0 Å². The van der Waals surface area contributed by atoms with Gasteiger partial charge < -0.3 is 10.1 Å². The third-order valence-electron chi connectivity index (χ3n) is 4.40. The van der Waals surface area contributed by atoms with Gasteiger partial charge in [-0.1, -0.05) is 36.8 Å². The van der Waals surface area contributed by atoms with E-state index in [1.807, 2.05) is 36.4 Å². The second-order valence-electron chi connectivity index (χ2n) is 6.10. The van der Waals surface area contributed by atoms with Gasteiger partial charge in [0, 0.05) is 17.5 Å². The molecule has 0 unspecified atom stereocenters. The summed E-state index contributed by atoms with van der Waals surface area (Å²) in [4.78, 5) is 11.8. The molecular formula is C18H19N5O2. The number of carbonyl (C=O) groups excluding carboxylic acids is 1. The summed E-state index contributed by atoms with van der Waals surface area (Å²) in [5.74, 6) is 1.46. The molecule has 0 radical (unpaired) electrons. The number of carbonyl (C=O) groups is 1. The van der Waals surface area contributed by atoms with Gasteiger partial charge in [-0.15, -0.1) is 15.3 Å². The van der Waals surface area contributed by atoms with Crippen molar-refractivity contribution in [3.8, 4) is 17.3 Å². The molecule has 4 rings (SSSR count). The highest BCUT2D eigenvalue weighted by molar-refractivity contribution is 5.79. The van der Waals surface area contributed by atoms with Crippen LogP contribution >= 0.6 is 0 Å². The van der Waals surface area contributed by atoms with Crippen molar-refractivity contribution in [1.29, 1.82) is 0 Å². The molecule has 1 aliphatic rings. The van der Waals surface area contributed by atoms with Crippen molar-refractivity contribution in [3.05, 3.63) is 42.5 Å². The van der Waals surface area contributed by atoms with Crippen molar-refractivity contribution < 1.29 is 9.53 Å². The Hall–Kier alpha value is -2.96. The van der Waals surface area contributed by atoms with Crippen LogP contribution in [0.5, 0.6) is 5.88 Å². The molecule has 0 saturated heterocycles. The third kappa shape index (κ3) is 3.31. The van der Waals surface area contributed by atoms with E-state index in [1.54, 1.807) is 10.6 Å². The van der Waals surface area contributed by atoms with Crippen LogP contribution in [0, 0.1) is 5.92 Å². The first-order valence-corrected chi connectivity index (χ1v) is 8.50. The Morgan fingerprint density at radius 3 is 2.76 bits per heavy atom. The SMILES string of the molecule is O=C(NCCOc1ccc2nnc(-c3ccccc3)n2n1)C1CCC1. The number of aromatic nitrogens is 4. The Kier molecular flexibility index (Phi) is 4.28. The fraction of sp³-hybridized carbons (Fsp3) is 0.333.